The predicted octanol–water partition coefficient (Wildman–Crippen LogP) is 2.80. The topological polar surface area (TPSA) is 37.4 Å². The molecule has 19 heavy (non-hydrogen) atoms. The molecule has 1 atom stereocenters. The van der Waals surface area contributed by atoms with Crippen LogP contribution in [0.2, 0.25) is 0 Å². The molecule has 0 amide bonds. The largest absolute Gasteiger partial charge is 0.243 e. The molecule has 1 aromatic carbocycles. The van der Waals surface area contributed by atoms with E-state index in [0.717, 1.165) is 5.56 Å². The van der Waals surface area contributed by atoms with Crippen LogP contribution in [0.25, 0.3) is 0 Å². The van der Waals surface area contributed by atoms with Crippen molar-refractivity contribution in [2.75, 3.05) is 6.54 Å². The smallest absolute Gasteiger partial charge is 0.210 e. The van der Waals surface area contributed by atoms with Gasteiger partial charge in [0.05, 0.1) is 4.90 Å². The Morgan fingerprint density at radius 3 is 2.53 bits per heavy atom. The number of rotatable bonds is 4. The molecule has 0 N–H and O–H groups in total. The number of hydrogen-bond donors (Lipinski definition) is 0. The number of aryl methyl sites for hydroxylation is 1. The Kier molecular flexibility index (Phi) is 4.20. The van der Waals surface area contributed by atoms with Crippen LogP contribution in [-0.4, -0.2) is 31.7 Å². The molecule has 1 aromatic rings. The van der Waals surface area contributed by atoms with Gasteiger partial charge in [0.15, 0.2) is 0 Å². The van der Waals surface area contributed by atoms with Gasteiger partial charge >= 0.3 is 0 Å². The van der Waals surface area contributed by atoms with E-state index in [1.807, 2.05) is 6.92 Å². The summed E-state index contributed by atoms with van der Waals surface area (Å²) in [5, 5.41) is 0. The summed E-state index contributed by atoms with van der Waals surface area (Å²) in [5.41, 5.74) is 0.963. The lowest BCUT2D eigenvalue weighted by Crippen LogP contribution is -2.36. The van der Waals surface area contributed by atoms with E-state index in [9.17, 15) is 17.2 Å². The molecule has 0 aromatic heterocycles. The first-order valence-corrected chi connectivity index (χ1v) is 7.72. The number of sulfonamides is 1. The first kappa shape index (κ1) is 14.4. The van der Waals surface area contributed by atoms with Crippen molar-refractivity contribution in [2.24, 2.45) is 0 Å². The molecule has 1 saturated heterocycles. The highest BCUT2D eigenvalue weighted by Gasteiger charge is 2.36. The van der Waals surface area contributed by atoms with Crippen LogP contribution in [0.4, 0.5) is 8.78 Å². The lowest BCUT2D eigenvalue weighted by atomic mass is 10.2. The van der Waals surface area contributed by atoms with E-state index in [-0.39, 0.29) is 11.3 Å². The molecule has 3 nitrogen and oxygen atoms in total. The highest BCUT2D eigenvalue weighted by Crippen LogP contribution is 2.29. The van der Waals surface area contributed by atoms with Gasteiger partial charge in [-0.25, -0.2) is 17.2 Å². The van der Waals surface area contributed by atoms with E-state index in [0.29, 0.717) is 19.4 Å². The number of halogens is 2. The minimum Gasteiger partial charge on any atom is -0.210 e. The van der Waals surface area contributed by atoms with Crippen molar-refractivity contribution in [3.8, 4) is 0 Å². The minimum atomic E-state index is -3.65. The van der Waals surface area contributed by atoms with Crippen molar-refractivity contribution in [3.63, 3.8) is 0 Å². The lowest BCUT2D eigenvalue weighted by molar-refractivity contribution is 0.114. The average molecular weight is 289 g/mol. The fraction of sp³-hybridized carbons (Fsp3) is 0.538. The van der Waals surface area contributed by atoms with Crippen LogP contribution in [0.1, 0.15) is 24.8 Å². The van der Waals surface area contributed by atoms with Gasteiger partial charge in [-0.2, -0.15) is 4.31 Å². The predicted molar refractivity (Wildman–Crippen MR) is 68.7 cm³/mol. The standard InChI is InChI=1S/C13H17F2NO2S/c1-10-4-6-12(7-5-10)19(17,18)16-8-2-3-11(16)9-13(14)15/h4-7,11,13H,2-3,8-9H2,1H3. The molecule has 6 heteroatoms. The first-order chi connectivity index (χ1) is 8.91. The van der Waals surface area contributed by atoms with Gasteiger partial charge in [0.1, 0.15) is 0 Å². The Hall–Kier alpha value is -1.01. The third-order valence-electron chi connectivity index (χ3n) is 3.40. The zero-order valence-corrected chi connectivity index (χ0v) is 11.5. The molecule has 1 heterocycles. The molecule has 0 aliphatic carbocycles. The van der Waals surface area contributed by atoms with E-state index in [2.05, 4.69) is 0 Å². The molecular weight excluding hydrogens is 272 g/mol. The second-order valence-electron chi connectivity index (χ2n) is 4.85. The van der Waals surface area contributed by atoms with Crippen molar-refractivity contribution in [2.45, 2.75) is 43.5 Å². The molecule has 106 valence electrons. The summed E-state index contributed by atoms with van der Waals surface area (Å²) in [4.78, 5) is 0.180. The fourth-order valence-electron chi connectivity index (χ4n) is 2.41. The summed E-state index contributed by atoms with van der Waals surface area (Å²) in [6, 6.07) is 5.91. The monoisotopic (exact) mass is 289 g/mol. The van der Waals surface area contributed by atoms with E-state index in [4.69, 9.17) is 0 Å². The SMILES string of the molecule is Cc1ccc(S(=O)(=O)N2CCCC2CC(F)F)cc1. The van der Waals surface area contributed by atoms with Gasteiger partial charge in [-0.05, 0) is 31.9 Å². The molecule has 2 rings (SSSR count). The lowest BCUT2D eigenvalue weighted by Gasteiger charge is -2.23. The van der Waals surface area contributed by atoms with Crippen molar-refractivity contribution >= 4 is 10.0 Å². The van der Waals surface area contributed by atoms with Crippen LogP contribution in [0.15, 0.2) is 29.2 Å². The van der Waals surface area contributed by atoms with Crippen LogP contribution in [0, 0.1) is 6.92 Å². The average Bonchev–Trinajstić information content (AvgIpc) is 2.77. The van der Waals surface area contributed by atoms with Gasteiger partial charge in [-0.3, -0.25) is 0 Å². The van der Waals surface area contributed by atoms with E-state index in [1.54, 1.807) is 12.1 Å². The van der Waals surface area contributed by atoms with Crippen LogP contribution in [0.3, 0.4) is 0 Å². The Bertz CT molecular complexity index is 528. The Labute approximate surface area is 112 Å². The van der Waals surface area contributed by atoms with E-state index in [1.165, 1.54) is 16.4 Å². The molecular formula is C13H17F2NO2S. The second-order valence-corrected chi connectivity index (χ2v) is 6.74. The zero-order chi connectivity index (χ0) is 14.0. The molecule has 0 spiro atoms. The van der Waals surface area contributed by atoms with Crippen LogP contribution >= 0.6 is 0 Å². The van der Waals surface area contributed by atoms with E-state index >= 15 is 0 Å². The first-order valence-electron chi connectivity index (χ1n) is 6.28. The highest BCUT2D eigenvalue weighted by molar-refractivity contribution is 7.89. The number of alkyl halides is 2. The second kappa shape index (κ2) is 5.54. The van der Waals surface area contributed by atoms with E-state index < -0.39 is 22.5 Å². The van der Waals surface area contributed by atoms with Gasteiger partial charge in [-0.15, -0.1) is 0 Å². The maximum Gasteiger partial charge on any atom is 0.243 e. The Morgan fingerprint density at radius 2 is 1.95 bits per heavy atom. The van der Waals surface area contributed by atoms with Crippen molar-refractivity contribution in [3.05, 3.63) is 29.8 Å². The summed E-state index contributed by atoms with van der Waals surface area (Å²) in [6.07, 6.45) is -1.71. The molecule has 1 aliphatic heterocycles. The Balaban J connectivity index is 2.25. The molecule has 0 bridgehead atoms. The van der Waals surface area contributed by atoms with Gasteiger partial charge < -0.3 is 0 Å². The fourth-order valence-corrected chi connectivity index (χ4v) is 4.12. The van der Waals surface area contributed by atoms with Crippen molar-refractivity contribution in [1.82, 2.24) is 4.31 Å². The molecule has 1 unspecified atom stereocenters. The molecule has 0 saturated carbocycles. The number of hydrogen-bond acceptors (Lipinski definition) is 2. The van der Waals surface area contributed by atoms with Crippen molar-refractivity contribution < 1.29 is 17.2 Å². The zero-order valence-electron chi connectivity index (χ0n) is 10.7. The quantitative estimate of drug-likeness (QED) is 0.854. The number of benzene rings is 1. The summed E-state index contributed by atoms with van der Waals surface area (Å²) in [6.45, 7) is 2.19. The highest BCUT2D eigenvalue weighted by atomic mass is 32.2. The molecule has 0 radical (unpaired) electrons. The van der Waals surface area contributed by atoms with Crippen LogP contribution < -0.4 is 0 Å². The maximum atomic E-state index is 12.5. The van der Waals surface area contributed by atoms with Crippen LogP contribution in [0.5, 0.6) is 0 Å². The Morgan fingerprint density at radius 1 is 1.32 bits per heavy atom. The minimum absolute atomic E-state index is 0.180. The van der Waals surface area contributed by atoms with Gasteiger partial charge in [0.2, 0.25) is 16.4 Å². The maximum absolute atomic E-state index is 12.5. The van der Waals surface area contributed by atoms with Gasteiger partial charge in [0.25, 0.3) is 0 Å². The van der Waals surface area contributed by atoms with Gasteiger partial charge in [-0.1, -0.05) is 17.7 Å². The van der Waals surface area contributed by atoms with Crippen LogP contribution in [-0.2, 0) is 10.0 Å². The molecule has 1 aliphatic rings. The van der Waals surface area contributed by atoms with Crippen molar-refractivity contribution in [1.29, 1.82) is 0 Å². The molecule has 1 fully saturated rings. The van der Waals surface area contributed by atoms with Gasteiger partial charge in [0, 0.05) is 19.0 Å². The summed E-state index contributed by atoms with van der Waals surface area (Å²) in [7, 11) is -3.65. The summed E-state index contributed by atoms with van der Waals surface area (Å²) in [5.74, 6) is 0. The normalized spacial score (nSPS) is 21.2. The number of nitrogens with zero attached hydrogens (tertiary/aromatic N) is 1. The third kappa shape index (κ3) is 3.12. The summed E-state index contributed by atoms with van der Waals surface area (Å²) < 4.78 is 51.0. The summed E-state index contributed by atoms with van der Waals surface area (Å²) >= 11 is 0. The third-order valence-corrected chi connectivity index (χ3v) is 5.37.